The number of hydrogen-bond donors (Lipinski definition) is 0. The minimum atomic E-state index is -0.205. The number of benzene rings is 1. The molecule has 0 saturated carbocycles. The Morgan fingerprint density at radius 1 is 0.773 bits per heavy atom. The van der Waals surface area contributed by atoms with Gasteiger partial charge in [0.25, 0.3) is 0 Å². The van der Waals surface area contributed by atoms with Crippen LogP contribution < -0.4 is 0 Å². The van der Waals surface area contributed by atoms with Gasteiger partial charge < -0.3 is 0 Å². The Bertz CT molecular complexity index is 559. The van der Waals surface area contributed by atoms with Gasteiger partial charge in [-0.25, -0.2) is 0 Å². The van der Waals surface area contributed by atoms with E-state index in [1.165, 1.54) is 0 Å². The molecule has 0 aliphatic heterocycles. The summed E-state index contributed by atoms with van der Waals surface area (Å²) in [5.41, 5.74) is 1.03. The van der Waals surface area contributed by atoms with E-state index in [2.05, 4.69) is 37.5 Å². The van der Waals surface area contributed by atoms with E-state index in [1.54, 1.807) is 24.3 Å². The molecular weight excluding hydrogens is 272 g/mol. The van der Waals surface area contributed by atoms with Crippen molar-refractivity contribution in [1.82, 2.24) is 0 Å². The first-order valence-electron chi connectivity index (χ1n) is 7.85. The first kappa shape index (κ1) is 17.7. The summed E-state index contributed by atoms with van der Waals surface area (Å²) >= 11 is 0. The summed E-state index contributed by atoms with van der Waals surface area (Å²) in [7, 11) is 0. The highest BCUT2D eigenvalue weighted by Crippen LogP contribution is 2.06. The molecule has 0 spiro atoms. The molecule has 1 aromatic rings. The fourth-order valence-electron chi connectivity index (χ4n) is 1.73. The van der Waals surface area contributed by atoms with Crippen molar-refractivity contribution < 1.29 is 9.59 Å². The Morgan fingerprint density at radius 2 is 1.14 bits per heavy atom. The molecule has 0 aliphatic rings. The molecular formula is C20H22O2. The number of rotatable bonds is 6. The summed E-state index contributed by atoms with van der Waals surface area (Å²) in [5, 5.41) is 0. The number of Topliss-reactive ketones (excluding diaryl/α,β-unsaturated/α-hetero) is 2. The number of hydrogen-bond acceptors (Lipinski definition) is 2. The maximum absolute atomic E-state index is 11.8. The van der Waals surface area contributed by atoms with Crippen LogP contribution in [0.25, 0.3) is 0 Å². The second kappa shape index (κ2) is 10.4. The molecule has 114 valence electrons. The number of carbonyl (C=O) groups excluding carboxylic acids is 2. The smallest absolute Gasteiger partial charge is 0.235 e. The highest BCUT2D eigenvalue weighted by molar-refractivity contribution is 6.11. The lowest BCUT2D eigenvalue weighted by Gasteiger charge is -1.96. The van der Waals surface area contributed by atoms with Crippen molar-refractivity contribution in [1.29, 1.82) is 0 Å². The number of ketones is 2. The Balaban J connectivity index is 2.64. The highest BCUT2D eigenvalue weighted by atomic mass is 16.1. The summed E-state index contributed by atoms with van der Waals surface area (Å²) in [5.74, 6) is 10.6. The summed E-state index contributed by atoms with van der Waals surface area (Å²) in [6, 6.07) is 6.55. The number of carbonyl (C=O) groups is 2. The molecule has 1 rings (SSSR count). The zero-order chi connectivity index (χ0) is 16.2. The minimum Gasteiger partial charge on any atom is -0.279 e. The maximum atomic E-state index is 11.8. The third kappa shape index (κ3) is 6.42. The first-order chi connectivity index (χ1) is 10.7. The van der Waals surface area contributed by atoms with Crippen LogP contribution in [0.4, 0.5) is 0 Å². The lowest BCUT2D eigenvalue weighted by Crippen LogP contribution is -1.99. The molecule has 0 atom stereocenters. The lowest BCUT2D eigenvalue weighted by molar-refractivity contribution is 0.104. The van der Waals surface area contributed by atoms with Crippen molar-refractivity contribution in [2.24, 2.45) is 0 Å². The van der Waals surface area contributed by atoms with E-state index in [1.807, 2.05) is 0 Å². The van der Waals surface area contributed by atoms with Crippen LogP contribution in [0.3, 0.4) is 0 Å². The van der Waals surface area contributed by atoms with Crippen molar-refractivity contribution in [2.75, 3.05) is 0 Å². The van der Waals surface area contributed by atoms with Crippen LogP contribution in [0.15, 0.2) is 24.3 Å². The lowest BCUT2D eigenvalue weighted by atomic mass is 10.1. The van der Waals surface area contributed by atoms with E-state index < -0.39 is 0 Å². The van der Waals surface area contributed by atoms with Crippen molar-refractivity contribution in [3.05, 3.63) is 35.4 Å². The standard InChI is InChI=1S/C20H22O2/c1-3-5-7-9-11-19(21)17-13-15-18(16-14-17)20(22)12-10-8-6-4-2/h13-16H,3-8H2,1-2H3. The molecule has 0 radical (unpaired) electrons. The SMILES string of the molecule is CCCCC#CC(=O)c1ccc(C(=O)C#CCCCC)cc1. The van der Waals surface area contributed by atoms with Crippen LogP contribution in [-0.4, -0.2) is 11.6 Å². The third-order valence-corrected chi connectivity index (χ3v) is 3.12. The van der Waals surface area contributed by atoms with E-state index in [4.69, 9.17) is 0 Å². The molecule has 0 fully saturated rings. The van der Waals surface area contributed by atoms with E-state index in [-0.39, 0.29) is 11.6 Å². The van der Waals surface area contributed by atoms with E-state index in [0.29, 0.717) is 11.1 Å². The summed E-state index contributed by atoms with van der Waals surface area (Å²) < 4.78 is 0. The van der Waals surface area contributed by atoms with Crippen LogP contribution >= 0.6 is 0 Å². The zero-order valence-corrected chi connectivity index (χ0v) is 13.4. The molecule has 0 aliphatic carbocycles. The first-order valence-corrected chi connectivity index (χ1v) is 7.85. The van der Waals surface area contributed by atoms with Gasteiger partial charge in [-0.1, -0.05) is 38.5 Å². The monoisotopic (exact) mass is 294 g/mol. The van der Waals surface area contributed by atoms with E-state index >= 15 is 0 Å². The van der Waals surface area contributed by atoms with Crippen LogP contribution in [-0.2, 0) is 0 Å². The fraction of sp³-hybridized carbons (Fsp3) is 0.400. The van der Waals surface area contributed by atoms with Gasteiger partial charge >= 0.3 is 0 Å². The highest BCUT2D eigenvalue weighted by Gasteiger charge is 2.05. The minimum absolute atomic E-state index is 0.205. The molecule has 0 heterocycles. The summed E-state index contributed by atoms with van der Waals surface area (Å²) in [6.45, 7) is 4.18. The van der Waals surface area contributed by atoms with Gasteiger partial charge in [-0.15, -0.1) is 0 Å². The third-order valence-electron chi connectivity index (χ3n) is 3.12. The van der Waals surface area contributed by atoms with Crippen molar-refractivity contribution in [3.63, 3.8) is 0 Å². The predicted octanol–water partition coefficient (Wildman–Crippen LogP) is 4.44. The van der Waals surface area contributed by atoms with Gasteiger partial charge in [0.15, 0.2) is 0 Å². The van der Waals surface area contributed by atoms with Gasteiger partial charge in [-0.3, -0.25) is 9.59 Å². The second-order valence-corrected chi connectivity index (χ2v) is 5.05. The van der Waals surface area contributed by atoms with Gasteiger partial charge in [-0.2, -0.15) is 0 Å². The molecule has 0 bridgehead atoms. The molecule has 22 heavy (non-hydrogen) atoms. The molecule has 0 saturated heterocycles. The molecule has 2 nitrogen and oxygen atoms in total. The Morgan fingerprint density at radius 3 is 1.45 bits per heavy atom. The van der Waals surface area contributed by atoms with Gasteiger partial charge in [0.1, 0.15) is 0 Å². The second-order valence-electron chi connectivity index (χ2n) is 5.05. The maximum Gasteiger partial charge on any atom is 0.235 e. The Kier molecular flexibility index (Phi) is 8.39. The normalized spacial score (nSPS) is 9.18. The largest absolute Gasteiger partial charge is 0.279 e. The van der Waals surface area contributed by atoms with Crippen LogP contribution in [0.2, 0.25) is 0 Å². The van der Waals surface area contributed by atoms with Crippen LogP contribution in [0.1, 0.15) is 73.1 Å². The Labute approximate surface area is 133 Å². The fourth-order valence-corrected chi connectivity index (χ4v) is 1.73. The van der Waals surface area contributed by atoms with Gasteiger partial charge in [0, 0.05) is 24.0 Å². The van der Waals surface area contributed by atoms with Crippen molar-refractivity contribution in [3.8, 4) is 23.7 Å². The average molecular weight is 294 g/mol. The van der Waals surface area contributed by atoms with Crippen LogP contribution in [0.5, 0.6) is 0 Å². The molecule has 0 aromatic heterocycles. The molecule has 0 unspecified atom stereocenters. The van der Waals surface area contributed by atoms with Gasteiger partial charge in [0.05, 0.1) is 0 Å². The predicted molar refractivity (Wildman–Crippen MR) is 89.7 cm³/mol. The van der Waals surface area contributed by atoms with Gasteiger partial charge in [0.2, 0.25) is 11.6 Å². The summed E-state index contributed by atoms with van der Waals surface area (Å²) in [4.78, 5) is 23.7. The average Bonchev–Trinajstić information content (AvgIpc) is 2.55. The molecule has 2 heteroatoms. The summed E-state index contributed by atoms with van der Waals surface area (Å²) in [6.07, 6.45) is 5.63. The van der Waals surface area contributed by atoms with Crippen LogP contribution in [0, 0.1) is 23.7 Å². The Hall–Kier alpha value is -2.32. The van der Waals surface area contributed by atoms with E-state index in [0.717, 1.165) is 38.5 Å². The molecule has 0 amide bonds. The molecule has 1 aromatic carbocycles. The van der Waals surface area contributed by atoms with Gasteiger partial charge in [-0.05, 0) is 48.9 Å². The van der Waals surface area contributed by atoms with E-state index in [9.17, 15) is 9.59 Å². The van der Waals surface area contributed by atoms with Crippen molar-refractivity contribution in [2.45, 2.75) is 52.4 Å². The zero-order valence-electron chi connectivity index (χ0n) is 13.4. The molecule has 0 N–H and O–H groups in total. The quantitative estimate of drug-likeness (QED) is 0.336. The van der Waals surface area contributed by atoms with Crippen molar-refractivity contribution >= 4 is 11.6 Å². The topological polar surface area (TPSA) is 34.1 Å². The number of unbranched alkanes of at least 4 members (excludes halogenated alkanes) is 4.